The van der Waals surface area contributed by atoms with Crippen LogP contribution in [-0.2, 0) is 10.0 Å². The fourth-order valence-electron chi connectivity index (χ4n) is 2.36. The molecule has 0 amide bonds. The zero-order chi connectivity index (χ0) is 16.4. The lowest BCUT2D eigenvalue weighted by Gasteiger charge is -2.29. The molecule has 0 aromatic heterocycles. The number of benzene rings is 2. The molecule has 0 aliphatic carbocycles. The van der Waals surface area contributed by atoms with E-state index in [0.717, 1.165) is 0 Å². The van der Waals surface area contributed by atoms with Crippen molar-refractivity contribution in [3.63, 3.8) is 0 Å². The van der Waals surface area contributed by atoms with Crippen molar-refractivity contribution in [2.75, 3.05) is 20.2 Å². The van der Waals surface area contributed by atoms with Gasteiger partial charge in [-0.1, -0.05) is 24.3 Å². The predicted molar refractivity (Wildman–Crippen MR) is 90.3 cm³/mol. The van der Waals surface area contributed by atoms with Crippen molar-refractivity contribution in [2.24, 2.45) is 0 Å². The lowest BCUT2D eigenvalue weighted by Crippen LogP contribution is -2.41. The number of nitrogens with zero attached hydrogens (tertiary/aromatic N) is 1. The monoisotopic (exact) mass is 397 g/mol. The summed E-state index contributed by atoms with van der Waals surface area (Å²) in [6.45, 7) is 0.519. The standard InChI is InChI=1S/C16H16BrNO4S/c1-18(23(19,20)16-9-5-2-6-13(16)17)10-12-11-21-14-7-3-4-8-15(14)22-12/h2-9,12H,10-11H2,1H3. The zero-order valence-corrected chi connectivity index (χ0v) is 14.9. The maximum Gasteiger partial charge on any atom is 0.244 e. The molecule has 1 heterocycles. The Morgan fingerprint density at radius 1 is 1.13 bits per heavy atom. The van der Waals surface area contributed by atoms with E-state index in [4.69, 9.17) is 9.47 Å². The van der Waals surface area contributed by atoms with Gasteiger partial charge >= 0.3 is 0 Å². The highest BCUT2D eigenvalue weighted by Gasteiger charge is 2.29. The summed E-state index contributed by atoms with van der Waals surface area (Å²) >= 11 is 3.29. The largest absolute Gasteiger partial charge is 0.486 e. The van der Waals surface area contributed by atoms with Crippen LogP contribution in [0.3, 0.4) is 0 Å². The third kappa shape index (κ3) is 3.36. The van der Waals surface area contributed by atoms with Crippen molar-refractivity contribution in [1.82, 2.24) is 4.31 Å². The van der Waals surface area contributed by atoms with Crippen LogP contribution in [0, 0.1) is 0 Å². The van der Waals surface area contributed by atoms with Crippen LogP contribution in [-0.4, -0.2) is 39.0 Å². The Kier molecular flexibility index (Phi) is 4.61. The highest BCUT2D eigenvalue weighted by atomic mass is 79.9. The third-order valence-corrected chi connectivity index (χ3v) is 6.39. The number of ether oxygens (including phenoxy) is 2. The first-order chi connectivity index (χ1) is 11.0. The van der Waals surface area contributed by atoms with Crippen molar-refractivity contribution in [3.8, 4) is 11.5 Å². The Morgan fingerprint density at radius 3 is 2.52 bits per heavy atom. The maximum absolute atomic E-state index is 12.7. The summed E-state index contributed by atoms with van der Waals surface area (Å²) in [7, 11) is -2.06. The van der Waals surface area contributed by atoms with E-state index in [-0.39, 0.29) is 17.5 Å². The summed E-state index contributed by atoms with van der Waals surface area (Å²) in [5.41, 5.74) is 0. The molecule has 0 saturated heterocycles. The second-order valence-electron chi connectivity index (χ2n) is 5.21. The fraction of sp³-hybridized carbons (Fsp3) is 0.250. The lowest BCUT2D eigenvalue weighted by atomic mass is 10.2. The summed E-state index contributed by atoms with van der Waals surface area (Å²) in [4.78, 5) is 0.236. The summed E-state index contributed by atoms with van der Waals surface area (Å²) < 4.78 is 38.6. The van der Waals surface area contributed by atoms with Crippen LogP contribution in [0.4, 0.5) is 0 Å². The topological polar surface area (TPSA) is 55.8 Å². The van der Waals surface area contributed by atoms with Gasteiger partial charge in [0.2, 0.25) is 10.0 Å². The van der Waals surface area contributed by atoms with Crippen LogP contribution in [0.15, 0.2) is 57.9 Å². The van der Waals surface area contributed by atoms with Gasteiger partial charge in [0.1, 0.15) is 12.7 Å². The average molecular weight is 398 g/mol. The molecule has 7 heteroatoms. The number of sulfonamides is 1. The van der Waals surface area contributed by atoms with Gasteiger partial charge in [0, 0.05) is 11.5 Å². The molecular weight excluding hydrogens is 382 g/mol. The highest BCUT2D eigenvalue weighted by molar-refractivity contribution is 9.10. The summed E-state index contributed by atoms with van der Waals surface area (Å²) in [6, 6.07) is 14.1. The second kappa shape index (κ2) is 6.51. The lowest BCUT2D eigenvalue weighted by molar-refractivity contribution is 0.0798. The Labute approximate surface area is 144 Å². The fourth-order valence-corrected chi connectivity index (χ4v) is 4.52. The van der Waals surface area contributed by atoms with E-state index >= 15 is 0 Å². The molecular formula is C16H16BrNO4S. The Bertz CT molecular complexity index is 809. The molecule has 0 saturated carbocycles. The van der Waals surface area contributed by atoms with Crippen LogP contribution in [0.1, 0.15) is 0 Å². The van der Waals surface area contributed by atoms with Crippen molar-refractivity contribution < 1.29 is 17.9 Å². The highest BCUT2D eigenvalue weighted by Crippen LogP contribution is 2.31. The van der Waals surface area contributed by atoms with Gasteiger partial charge in [-0.2, -0.15) is 4.31 Å². The molecule has 0 bridgehead atoms. The molecule has 2 aromatic carbocycles. The molecule has 5 nitrogen and oxygen atoms in total. The molecule has 122 valence electrons. The van der Waals surface area contributed by atoms with E-state index in [1.165, 1.54) is 4.31 Å². The van der Waals surface area contributed by atoms with Gasteiger partial charge in [0.15, 0.2) is 11.5 Å². The SMILES string of the molecule is CN(CC1COc2ccccc2O1)S(=O)(=O)c1ccccc1Br. The molecule has 1 unspecified atom stereocenters. The van der Waals surface area contributed by atoms with Gasteiger partial charge in [0.25, 0.3) is 0 Å². The van der Waals surface area contributed by atoms with Crippen LogP contribution in [0.25, 0.3) is 0 Å². The smallest absolute Gasteiger partial charge is 0.244 e. The molecule has 23 heavy (non-hydrogen) atoms. The molecule has 1 atom stereocenters. The first-order valence-corrected chi connectivity index (χ1v) is 9.31. The van der Waals surface area contributed by atoms with Gasteiger partial charge in [-0.25, -0.2) is 8.42 Å². The first-order valence-electron chi connectivity index (χ1n) is 7.08. The second-order valence-corrected chi connectivity index (χ2v) is 8.08. The van der Waals surface area contributed by atoms with E-state index in [1.807, 2.05) is 24.3 Å². The molecule has 0 radical (unpaired) electrons. The van der Waals surface area contributed by atoms with Crippen LogP contribution < -0.4 is 9.47 Å². The normalized spacial score (nSPS) is 17.3. The maximum atomic E-state index is 12.7. The summed E-state index contributed by atoms with van der Waals surface area (Å²) in [6.07, 6.45) is -0.354. The van der Waals surface area contributed by atoms with E-state index in [9.17, 15) is 8.42 Å². The number of fused-ring (bicyclic) bond motifs is 1. The van der Waals surface area contributed by atoms with E-state index in [1.54, 1.807) is 31.3 Å². The van der Waals surface area contributed by atoms with Crippen LogP contribution >= 0.6 is 15.9 Å². The van der Waals surface area contributed by atoms with E-state index in [2.05, 4.69) is 15.9 Å². The third-order valence-electron chi connectivity index (χ3n) is 3.55. The van der Waals surface area contributed by atoms with Gasteiger partial charge < -0.3 is 9.47 Å². The van der Waals surface area contributed by atoms with E-state index in [0.29, 0.717) is 22.6 Å². The minimum absolute atomic E-state index is 0.206. The number of para-hydroxylation sites is 2. The van der Waals surface area contributed by atoms with Gasteiger partial charge in [-0.15, -0.1) is 0 Å². The minimum Gasteiger partial charge on any atom is -0.486 e. The van der Waals surface area contributed by atoms with Crippen molar-refractivity contribution in [3.05, 3.63) is 53.0 Å². The van der Waals surface area contributed by atoms with Crippen molar-refractivity contribution in [1.29, 1.82) is 0 Å². The molecule has 0 spiro atoms. The predicted octanol–water partition coefficient (Wildman–Crippen LogP) is 2.91. The number of hydrogen-bond acceptors (Lipinski definition) is 4. The van der Waals surface area contributed by atoms with Gasteiger partial charge in [-0.3, -0.25) is 0 Å². The quantitative estimate of drug-likeness (QED) is 0.795. The van der Waals surface area contributed by atoms with Gasteiger partial charge in [-0.05, 0) is 40.2 Å². The summed E-state index contributed by atoms with van der Waals surface area (Å²) in [5, 5.41) is 0. The van der Waals surface area contributed by atoms with Crippen LogP contribution in [0.2, 0.25) is 0 Å². The number of rotatable bonds is 4. The molecule has 1 aliphatic heterocycles. The Balaban J connectivity index is 1.75. The summed E-state index contributed by atoms with van der Waals surface area (Å²) in [5.74, 6) is 1.32. The number of hydrogen-bond donors (Lipinski definition) is 0. The minimum atomic E-state index is -3.60. The molecule has 0 fully saturated rings. The number of likely N-dealkylation sites (N-methyl/N-ethyl adjacent to an activating group) is 1. The molecule has 2 aromatic rings. The zero-order valence-electron chi connectivity index (χ0n) is 12.5. The molecule has 0 N–H and O–H groups in total. The van der Waals surface area contributed by atoms with Crippen LogP contribution in [0.5, 0.6) is 11.5 Å². The molecule has 3 rings (SSSR count). The number of halogens is 1. The van der Waals surface area contributed by atoms with Gasteiger partial charge in [0.05, 0.1) is 11.4 Å². The average Bonchev–Trinajstić information content (AvgIpc) is 2.55. The van der Waals surface area contributed by atoms with Crippen molar-refractivity contribution in [2.45, 2.75) is 11.0 Å². The Morgan fingerprint density at radius 2 is 1.78 bits per heavy atom. The molecule has 1 aliphatic rings. The Hall–Kier alpha value is -1.57. The van der Waals surface area contributed by atoms with E-state index < -0.39 is 10.0 Å². The first kappa shape index (κ1) is 16.3. The van der Waals surface area contributed by atoms with Crippen molar-refractivity contribution >= 4 is 26.0 Å².